The van der Waals surface area contributed by atoms with Crippen molar-refractivity contribution in [1.29, 1.82) is 0 Å². The highest BCUT2D eigenvalue weighted by atomic mass is 28.3. The number of aliphatic carboxylic acids is 1. The van der Waals surface area contributed by atoms with Crippen molar-refractivity contribution >= 4 is 20.8 Å². The molecule has 0 bridgehead atoms. The van der Waals surface area contributed by atoms with E-state index in [0.29, 0.717) is 6.42 Å². The van der Waals surface area contributed by atoms with Crippen LogP contribution in [0.2, 0.25) is 13.1 Å². The summed E-state index contributed by atoms with van der Waals surface area (Å²) in [7, 11) is -1.43. The summed E-state index contributed by atoms with van der Waals surface area (Å²) in [6.07, 6.45) is 0.471. The van der Waals surface area contributed by atoms with Gasteiger partial charge in [-0.1, -0.05) is 20.8 Å². The Labute approximate surface area is 109 Å². The third kappa shape index (κ3) is 1.75. The fraction of sp³-hybridized carbons (Fsp3) is 0.846. The third-order valence-corrected chi connectivity index (χ3v) is 5.15. The molecule has 4 atom stereocenters. The summed E-state index contributed by atoms with van der Waals surface area (Å²) < 4.78 is 5.89. The molecule has 4 unspecified atom stereocenters. The number of hydrogen-bond donors (Lipinski definition) is 1. The number of Topliss-reactive ketones (excluding diaryl/α,β-unsaturated/α-hetero) is 1. The average Bonchev–Trinajstić information content (AvgIpc) is 2.72. The molecule has 0 aromatic rings. The van der Waals surface area contributed by atoms with Crippen LogP contribution in [-0.4, -0.2) is 31.5 Å². The van der Waals surface area contributed by atoms with Crippen molar-refractivity contribution in [2.75, 3.05) is 0 Å². The normalized spacial score (nSPS) is 39.0. The molecule has 4 nitrogen and oxygen atoms in total. The molecule has 0 amide bonds. The van der Waals surface area contributed by atoms with Gasteiger partial charge in [0.25, 0.3) is 0 Å². The van der Waals surface area contributed by atoms with Crippen LogP contribution in [0.4, 0.5) is 0 Å². The smallest absolute Gasteiger partial charge is 0.310 e. The predicted octanol–water partition coefficient (Wildman–Crippen LogP) is 1.69. The van der Waals surface area contributed by atoms with Gasteiger partial charge in [0.1, 0.15) is 5.60 Å². The fourth-order valence-electron chi connectivity index (χ4n) is 3.56. The lowest BCUT2D eigenvalue weighted by atomic mass is 9.76. The van der Waals surface area contributed by atoms with Gasteiger partial charge < -0.3 is 9.53 Å². The highest BCUT2D eigenvalue weighted by Crippen LogP contribution is 2.67. The van der Waals surface area contributed by atoms with E-state index in [1.165, 1.54) is 0 Å². The van der Waals surface area contributed by atoms with E-state index in [1.54, 1.807) is 0 Å². The van der Waals surface area contributed by atoms with E-state index in [1.807, 2.05) is 13.1 Å². The summed E-state index contributed by atoms with van der Waals surface area (Å²) in [6, 6.07) is 0. The first-order valence-electron chi connectivity index (χ1n) is 6.56. The number of hydrogen-bond acceptors (Lipinski definition) is 3. The summed E-state index contributed by atoms with van der Waals surface area (Å²) in [4.78, 5) is 23.6. The summed E-state index contributed by atoms with van der Waals surface area (Å²) in [5, 5.41) is 9.32. The first-order chi connectivity index (χ1) is 8.12. The van der Waals surface area contributed by atoms with Gasteiger partial charge in [-0.2, -0.15) is 0 Å². The van der Waals surface area contributed by atoms with Crippen LogP contribution in [-0.2, 0) is 14.0 Å². The van der Waals surface area contributed by atoms with Gasteiger partial charge in [-0.3, -0.25) is 9.59 Å². The van der Waals surface area contributed by atoms with E-state index in [9.17, 15) is 14.7 Å². The number of carboxylic acids is 1. The lowest BCUT2D eigenvalue weighted by Gasteiger charge is -2.27. The molecule has 0 aromatic heterocycles. The maximum absolute atomic E-state index is 12.3. The largest absolute Gasteiger partial charge is 0.481 e. The van der Waals surface area contributed by atoms with Crippen LogP contribution >= 0.6 is 0 Å². The first kappa shape index (κ1) is 13.7. The van der Waals surface area contributed by atoms with Crippen molar-refractivity contribution in [2.24, 2.45) is 23.2 Å². The topological polar surface area (TPSA) is 63.6 Å². The molecule has 102 valence electrons. The second kappa shape index (κ2) is 3.90. The third-order valence-electron chi connectivity index (χ3n) is 4.29. The molecule has 0 aromatic carbocycles. The van der Waals surface area contributed by atoms with E-state index < -0.39 is 26.5 Å². The lowest BCUT2D eigenvalue weighted by molar-refractivity contribution is -0.143. The summed E-state index contributed by atoms with van der Waals surface area (Å²) in [5.41, 5.74) is -1.02. The molecular formula is C13H22O4Si. The monoisotopic (exact) mass is 270 g/mol. The van der Waals surface area contributed by atoms with Crippen LogP contribution in [0.5, 0.6) is 0 Å². The van der Waals surface area contributed by atoms with Crippen molar-refractivity contribution in [3.63, 3.8) is 0 Å². The second-order valence-corrected chi connectivity index (χ2v) is 9.23. The average molecular weight is 270 g/mol. The molecule has 0 radical (unpaired) electrons. The zero-order chi connectivity index (χ0) is 13.9. The van der Waals surface area contributed by atoms with Crippen LogP contribution in [0.15, 0.2) is 0 Å². The fourth-order valence-corrected chi connectivity index (χ4v) is 4.77. The minimum atomic E-state index is -1.43. The Balaban J connectivity index is 2.34. The van der Waals surface area contributed by atoms with Gasteiger partial charge in [0.2, 0.25) is 0 Å². The molecule has 2 rings (SSSR count). The van der Waals surface area contributed by atoms with Crippen LogP contribution < -0.4 is 0 Å². The van der Waals surface area contributed by atoms with Crippen LogP contribution in [0.25, 0.3) is 0 Å². The Kier molecular flexibility index (Phi) is 2.98. The summed E-state index contributed by atoms with van der Waals surface area (Å²) >= 11 is 0. The highest BCUT2D eigenvalue weighted by Gasteiger charge is 2.80. The zero-order valence-electron chi connectivity index (χ0n) is 11.7. The van der Waals surface area contributed by atoms with Crippen molar-refractivity contribution in [3.8, 4) is 0 Å². The van der Waals surface area contributed by atoms with Crippen LogP contribution in [0.1, 0.15) is 27.2 Å². The van der Waals surface area contributed by atoms with E-state index in [-0.39, 0.29) is 23.0 Å². The molecule has 18 heavy (non-hydrogen) atoms. The number of carbonyl (C=O) groups excluding carboxylic acids is 1. The highest BCUT2D eigenvalue weighted by molar-refractivity contribution is 6.49. The molecule has 0 aliphatic heterocycles. The van der Waals surface area contributed by atoms with Gasteiger partial charge in [0.15, 0.2) is 14.8 Å². The minimum Gasteiger partial charge on any atom is -0.481 e. The number of ketones is 1. The van der Waals surface area contributed by atoms with Gasteiger partial charge in [-0.25, -0.2) is 0 Å². The quantitative estimate of drug-likeness (QED) is 0.793. The Morgan fingerprint density at radius 2 is 2.00 bits per heavy atom. The molecule has 2 fully saturated rings. The van der Waals surface area contributed by atoms with E-state index >= 15 is 0 Å². The Hall–Kier alpha value is -0.683. The summed E-state index contributed by atoms with van der Waals surface area (Å²) in [6.45, 7) is 10.2. The molecule has 0 spiro atoms. The zero-order valence-corrected chi connectivity index (χ0v) is 12.8. The number of rotatable bonds is 3. The molecule has 2 aliphatic rings. The molecule has 2 saturated carbocycles. The van der Waals surface area contributed by atoms with Gasteiger partial charge in [0.05, 0.1) is 5.92 Å². The second-order valence-electron chi connectivity index (χ2n) is 6.90. The predicted molar refractivity (Wildman–Crippen MR) is 69.9 cm³/mol. The number of carboxylic acid groups (broad SMARTS) is 1. The van der Waals surface area contributed by atoms with Gasteiger partial charge in [0, 0.05) is 12.3 Å². The van der Waals surface area contributed by atoms with Crippen molar-refractivity contribution in [2.45, 2.75) is 45.9 Å². The van der Waals surface area contributed by atoms with E-state index in [0.717, 1.165) is 0 Å². The first-order valence-corrected chi connectivity index (χ1v) is 9.34. The van der Waals surface area contributed by atoms with Crippen molar-refractivity contribution < 1.29 is 19.1 Å². The molecular weight excluding hydrogens is 248 g/mol. The lowest BCUT2D eigenvalue weighted by Crippen LogP contribution is -2.33. The Morgan fingerprint density at radius 3 is 2.39 bits per heavy atom. The van der Waals surface area contributed by atoms with Crippen molar-refractivity contribution in [3.05, 3.63) is 0 Å². The standard InChI is InChI=1S/C13H22O4Si/c1-12(2,3)7-6-8(14)13(17-18(4)5)9(7)10(13)11(15)16/h7,9-10,18H,6H2,1-5H3,(H,15,16). The molecule has 5 heteroatoms. The molecule has 2 aliphatic carbocycles. The maximum atomic E-state index is 12.3. The van der Waals surface area contributed by atoms with Gasteiger partial charge >= 0.3 is 5.97 Å². The van der Waals surface area contributed by atoms with Crippen LogP contribution in [0.3, 0.4) is 0 Å². The number of fused-ring (bicyclic) bond motifs is 1. The minimum absolute atomic E-state index is 0.0148. The summed E-state index contributed by atoms with van der Waals surface area (Å²) in [5.74, 6) is -1.47. The van der Waals surface area contributed by atoms with Crippen LogP contribution in [0, 0.1) is 23.2 Å². The number of carbonyl (C=O) groups is 2. The molecule has 1 N–H and O–H groups in total. The Bertz CT molecular complexity index is 398. The van der Waals surface area contributed by atoms with Gasteiger partial charge in [-0.05, 0) is 24.4 Å². The Morgan fingerprint density at radius 1 is 1.44 bits per heavy atom. The molecule has 0 heterocycles. The van der Waals surface area contributed by atoms with E-state index in [4.69, 9.17) is 4.43 Å². The SMILES string of the molecule is C[SiH](C)OC12C(=O)CC(C(C)(C)C)C1C2C(=O)O. The molecule has 0 saturated heterocycles. The van der Waals surface area contributed by atoms with Gasteiger partial charge in [-0.15, -0.1) is 0 Å². The van der Waals surface area contributed by atoms with Crippen molar-refractivity contribution in [1.82, 2.24) is 0 Å². The maximum Gasteiger partial charge on any atom is 0.310 e. The van der Waals surface area contributed by atoms with E-state index in [2.05, 4.69) is 20.8 Å².